The Bertz CT molecular complexity index is 162. The normalized spacial score (nSPS) is 15.3. The van der Waals surface area contributed by atoms with Crippen LogP contribution < -0.4 is 5.73 Å². The van der Waals surface area contributed by atoms with Gasteiger partial charge in [-0.3, -0.25) is 4.79 Å². The molecule has 0 aliphatic rings. The van der Waals surface area contributed by atoms with E-state index < -0.39 is 12.0 Å². The van der Waals surface area contributed by atoms with E-state index in [1.54, 1.807) is 6.92 Å². The van der Waals surface area contributed by atoms with Crippen LogP contribution in [0.2, 0.25) is 0 Å². The summed E-state index contributed by atoms with van der Waals surface area (Å²) in [6, 6.07) is 0.943. The summed E-state index contributed by atoms with van der Waals surface area (Å²) in [5.74, 6) is -1.33. The summed E-state index contributed by atoms with van der Waals surface area (Å²) in [4.78, 5) is 10.2. The van der Waals surface area contributed by atoms with Gasteiger partial charge in [-0.2, -0.15) is 5.26 Å². The Morgan fingerprint density at radius 3 is 2.70 bits per heavy atom. The van der Waals surface area contributed by atoms with Crippen LogP contribution in [0.25, 0.3) is 0 Å². The lowest BCUT2D eigenvalue weighted by molar-refractivity contribution is -0.139. The molecular weight excluding hydrogens is 132 g/mol. The van der Waals surface area contributed by atoms with Crippen molar-refractivity contribution in [1.29, 1.82) is 5.26 Å². The van der Waals surface area contributed by atoms with Crippen molar-refractivity contribution in [3.8, 4) is 6.07 Å². The maximum Gasteiger partial charge on any atom is 0.320 e. The Labute approximate surface area is 59.3 Å². The van der Waals surface area contributed by atoms with E-state index in [-0.39, 0.29) is 12.3 Å². The first-order valence-electron chi connectivity index (χ1n) is 2.95. The number of nitrogens with zero attached hydrogens (tertiary/aromatic N) is 1. The third kappa shape index (κ3) is 2.46. The summed E-state index contributed by atoms with van der Waals surface area (Å²) >= 11 is 0. The molecule has 0 heterocycles. The molecule has 0 unspecified atom stereocenters. The fourth-order valence-electron chi connectivity index (χ4n) is 0.514. The number of carboxylic acids is 1. The standard InChI is InChI=1S/C6H10N2O2/c1-4(2-3-7)5(8)6(9)10/h4-5H,2,8H2,1H3,(H,9,10)/t4-,5+/m0/s1. The van der Waals surface area contributed by atoms with Crippen molar-refractivity contribution in [1.82, 2.24) is 0 Å². The minimum absolute atomic E-state index is 0.188. The number of nitriles is 1. The Balaban J connectivity index is 3.84. The fourth-order valence-corrected chi connectivity index (χ4v) is 0.514. The summed E-state index contributed by atoms with van der Waals surface area (Å²) in [7, 11) is 0. The second kappa shape index (κ2) is 3.85. The van der Waals surface area contributed by atoms with Gasteiger partial charge in [0.05, 0.1) is 6.07 Å². The van der Waals surface area contributed by atoms with E-state index in [0.717, 1.165) is 0 Å². The van der Waals surface area contributed by atoms with Crippen molar-refractivity contribution < 1.29 is 9.90 Å². The molecular formula is C6H10N2O2. The summed E-state index contributed by atoms with van der Waals surface area (Å²) in [6.07, 6.45) is 0.188. The largest absolute Gasteiger partial charge is 0.480 e. The van der Waals surface area contributed by atoms with Gasteiger partial charge in [0.2, 0.25) is 0 Å². The van der Waals surface area contributed by atoms with Crippen LogP contribution in [0.4, 0.5) is 0 Å². The van der Waals surface area contributed by atoms with E-state index in [1.807, 2.05) is 6.07 Å². The van der Waals surface area contributed by atoms with Crippen LogP contribution >= 0.6 is 0 Å². The highest BCUT2D eigenvalue weighted by molar-refractivity contribution is 5.73. The fraction of sp³-hybridized carbons (Fsp3) is 0.667. The third-order valence-corrected chi connectivity index (χ3v) is 1.31. The first-order chi connectivity index (χ1) is 4.59. The lowest BCUT2D eigenvalue weighted by Gasteiger charge is -2.10. The third-order valence-electron chi connectivity index (χ3n) is 1.31. The molecule has 3 N–H and O–H groups in total. The molecule has 0 aliphatic carbocycles. The predicted molar refractivity (Wildman–Crippen MR) is 35.0 cm³/mol. The molecule has 0 bridgehead atoms. The van der Waals surface area contributed by atoms with Gasteiger partial charge in [0.1, 0.15) is 6.04 Å². The Kier molecular flexibility index (Phi) is 3.44. The van der Waals surface area contributed by atoms with Crippen LogP contribution in [0.15, 0.2) is 0 Å². The number of hydrogen-bond acceptors (Lipinski definition) is 3. The SMILES string of the molecule is C[C@@H](CC#N)[C@@H](N)C(=O)O. The lowest BCUT2D eigenvalue weighted by atomic mass is 10.0. The maximum absolute atomic E-state index is 10.2. The van der Waals surface area contributed by atoms with Crippen molar-refractivity contribution in [2.45, 2.75) is 19.4 Å². The minimum atomic E-state index is -1.05. The van der Waals surface area contributed by atoms with Gasteiger partial charge in [-0.25, -0.2) is 0 Å². The molecule has 2 atom stereocenters. The molecule has 0 saturated carbocycles. The highest BCUT2D eigenvalue weighted by Gasteiger charge is 2.18. The average Bonchev–Trinajstić information content (AvgIpc) is 1.87. The van der Waals surface area contributed by atoms with E-state index in [1.165, 1.54) is 0 Å². The molecule has 56 valence electrons. The lowest BCUT2D eigenvalue weighted by Crippen LogP contribution is -2.36. The Morgan fingerprint density at radius 2 is 2.40 bits per heavy atom. The number of carboxylic acid groups (broad SMARTS) is 1. The maximum atomic E-state index is 10.2. The van der Waals surface area contributed by atoms with Crippen LogP contribution in [0, 0.1) is 17.2 Å². The molecule has 10 heavy (non-hydrogen) atoms. The number of hydrogen-bond donors (Lipinski definition) is 2. The average molecular weight is 142 g/mol. The molecule has 0 rings (SSSR count). The molecule has 0 aromatic rings. The van der Waals surface area contributed by atoms with Crippen LogP contribution in [0.1, 0.15) is 13.3 Å². The van der Waals surface area contributed by atoms with Gasteiger partial charge in [-0.1, -0.05) is 6.92 Å². The molecule has 4 heteroatoms. The van der Waals surface area contributed by atoms with Crippen molar-refractivity contribution in [3.05, 3.63) is 0 Å². The zero-order chi connectivity index (χ0) is 8.15. The summed E-state index contributed by atoms with van der Waals surface area (Å²) in [6.45, 7) is 1.64. The van der Waals surface area contributed by atoms with Gasteiger partial charge >= 0.3 is 5.97 Å². The number of aliphatic carboxylic acids is 1. The molecule has 0 amide bonds. The van der Waals surface area contributed by atoms with Crippen LogP contribution in [-0.2, 0) is 4.79 Å². The van der Waals surface area contributed by atoms with Crippen molar-refractivity contribution in [3.63, 3.8) is 0 Å². The van der Waals surface area contributed by atoms with Gasteiger partial charge in [0.15, 0.2) is 0 Å². The predicted octanol–water partition coefficient (Wildman–Crippen LogP) is -0.0519. The molecule has 0 saturated heterocycles. The van der Waals surface area contributed by atoms with E-state index in [4.69, 9.17) is 16.1 Å². The van der Waals surface area contributed by atoms with Gasteiger partial charge < -0.3 is 10.8 Å². The van der Waals surface area contributed by atoms with Crippen molar-refractivity contribution >= 4 is 5.97 Å². The first kappa shape index (κ1) is 8.92. The molecule has 0 spiro atoms. The Morgan fingerprint density at radius 1 is 1.90 bits per heavy atom. The quantitative estimate of drug-likeness (QED) is 0.578. The summed E-state index contributed by atoms with van der Waals surface area (Å²) < 4.78 is 0. The van der Waals surface area contributed by atoms with Crippen LogP contribution in [0.5, 0.6) is 0 Å². The first-order valence-corrected chi connectivity index (χ1v) is 2.95. The number of rotatable bonds is 3. The summed E-state index contributed by atoms with van der Waals surface area (Å²) in [5, 5.41) is 16.5. The van der Waals surface area contributed by atoms with Crippen molar-refractivity contribution in [2.24, 2.45) is 11.7 Å². The molecule has 4 nitrogen and oxygen atoms in total. The van der Waals surface area contributed by atoms with Gasteiger partial charge in [0, 0.05) is 6.42 Å². The highest BCUT2D eigenvalue weighted by Crippen LogP contribution is 2.04. The van der Waals surface area contributed by atoms with Gasteiger partial charge in [0.25, 0.3) is 0 Å². The monoisotopic (exact) mass is 142 g/mol. The second-order valence-electron chi connectivity index (χ2n) is 2.20. The molecule has 0 aromatic carbocycles. The number of carbonyl (C=O) groups is 1. The molecule has 0 fully saturated rings. The zero-order valence-corrected chi connectivity index (χ0v) is 5.74. The second-order valence-corrected chi connectivity index (χ2v) is 2.20. The van der Waals surface area contributed by atoms with Gasteiger partial charge in [-0.15, -0.1) is 0 Å². The zero-order valence-electron chi connectivity index (χ0n) is 5.74. The van der Waals surface area contributed by atoms with E-state index in [2.05, 4.69) is 0 Å². The van der Waals surface area contributed by atoms with E-state index >= 15 is 0 Å². The molecule has 0 aromatic heterocycles. The Hall–Kier alpha value is -1.08. The molecule has 0 radical (unpaired) electrons. The van der Waals surface area contributed by atoms with E-state index in [0.29, 0.717) is 0 Å². The van der Waals surface area contributed by atoms with E-state index in [9.17, 15) is 4.79 Å². The number of nitrogens with two attached hydrogens (primary N) is 1. The minimum Gasteiger partial charge on any atom is -0.480 e. The topological polar surface area (TPSA) is 87.1 Å². The smallest absolute Gasteiger partial charge is 0.320 e. The van der Waals surface area contributed by atoms with Gasteiger partial charge in [-0.05, 0) is 5.92 Å². The van der Waals surface area contributed by atoms with Crippen LogP contribution in [-0.4, -0.2) is 17.1 Å². The van der Waals surface area contributed by atoms with Crippen molar-refractivity contribution in [2.75, 3.05) is 0 Å². The van der Waals surface area contributed by atoms with Crippen LogP contribution in [0.3, 0.4) is 0 Å². The summed E-state index contributed by atoms with van der Waals surface area (Å²) in [5.41, 5.74) is 5.20. The highest BCUT2D eigenvalue weighted by atomic mass is 16.4. The molecule has 0 aliphatic heterocycles.